The first-order chi connectivity index (χ1) is 14.4. The number of rotatable bonds is 7. The Balaban J connectivity index is 1.55. The highest BCUT2D eigenvalue weighted by molar-refractivity contribution is 5.83. The molecule has 2 aliphatic heterocycles. The molecule has 5 nitrogen and oxygen atoms in total. The average Bonchev–Trinajstić information content (AvgIpc) is 2.96. The Labute approximate surface area is 185 Å². The number of nitrogens with one attached hydrogen (secondary N) is 1. The Bertz CT molecular complexity index is 523. The summed E-state index contributed by atoms with van der Waals surface area (Å²) < 4.78 is 0. The molecule has 174 valence electrons. The molecule has 1 atom stereocenters. The summed E-state index contributed by atoms with van der Waals surface area (Å²) in [4.78, 5) is 21.3. The van der Waals surface area contributed by atoms with E-state index in [1.807, 2.05) is 0 Å². The van der Waals surface area contributed by atoms with Crippen LogP contribution >= 0.6 is 0 Å². The van der Waals surface area contributed by atoms with E-state index in [1.54, 1.807) is 0 Å². The monoisotopic (exact) mass is 420 g/mol. The van der Waals surface area contributed by atoms with Crippen LogP contribution in [0.25, 0.3) is 0 Å². The zero-order valence-electron chi connectivity index (χ0n) is 20.3. The number of piperazine rings is 1. The number of carbonyl (C=O) groups is 1. The smallest absolute Gasteiger partial charge is 0.226 e. The predicted octanol–water partition coefficient (Wildman–Crippen LogP) is 3.59. The summed E-state index contributed by atoms with van der Waals surface area (Å²) in [6, 6.07) is 0.907. The maximum absolute atomic E-state index is 13.4. The molecule has 5 heteroatoms. The zero-order valence-corrected chi connectivity index (χ0v) is 20.3. The lowest BCUT2D eigenvalue weighted by atomic mass is 9.64. The molecular formula is C25H48N4O. The number of carbonyl (C=O) groups excluding carboxylic acids is 1. The fourth-order valence-electron chi connectivity index (χ4n) is 6.10. The number of hydrogen-bond acceptors (Lipinski definition) is 4. The van der Waals surface area contributed by atoms with E-state index >= 15 is 0 Å². The minimum atomic E-state index is -0.123. The van der Waals surface area contributed by atoms with Crippen LogP contribution < -0.4 is 5.32 Å². The summed E-state index contributed by atoms with van der Waals surface area (Å²) >= 11 is 0. The van der Waals surface area contributed by atoms with E-state index in [2.05, 4.69) is 47.7 Å². The van der Waals surface area contributed by atoms with E-state index in [0.717, 1.165) is 32.5 Å². The quantitative estimate of drug-likeness (QED) is 0.683. The molecule has 3 rings (SSSR count). The van der Waals surface area contributed by atoms with Gasteiger partial charge in [0.15, 0.2) is 0 Å². The normalized spacial score (nSPS) is 28.7. The van der Waals surface area contributed by atoms with Crippen molar-refractivity contribution in [2.45, 2.75) is 91.1 Å². The minimum Gasteiger partial charge on any atom is -0.353 e. The molecule has 1 amide bonds. The summed E-state index contributed by atoms with van der Waals surface area (Å²) in [5.74, 6) is 0.949. The topological polar surface area (TPSA) is 38.8 Å². The standard InChI is InChI=1S/C25H48N4O/c1-21(2)26-24(30)25(23-9-6-5-7-10-23)11-8-13-27(14-12-25)15-16-28-17-19-29(20-18-28)22(3)4/h21-23H,5-20H2,1-4H3,(H,26,30). The predicted molar refractivity (Wildman–Crippen MR) is 126 cm³/mol. The molecule has 1 unspecified atom stereocenters. The first kappa shape index (κ1) is 24.0. The van der Waals surface area contributed by atoms with Gasteiger partial charge in [0.2, 0.25) is 5.91 Å². The van der Waals surface area contributed by atoms with Crippen LogP contribution in [0.2, 0.25) is 0 Å². The van der Waals surface area contributed by atoms with Gasteiger partial charge in [-0.05, 0) is 78.8 Å². The summed E-state index contributed by atoms with van der Waals surface area (Å²) in [5.41, 5.74) is -0.123. The molecule has 30 heavy (non-hydrogen) atoms. The van der Waals surface area contributed by atoms with Gasteiger partial charge >= 0.3 is 0 Å². The van der Waals surface area contributed by atoms with Gasteiger partial charge in [-0.1, -0.05) is 19.3 Å². The molecule has 1 aliphatic carbocycles. The first-order valence-corrected chi connectivity index (χ1v) is 12.9. The molecule has 0 aromatic heterocycles. The molecule has 0 radical (unpaired) electrons. The van der Waals surface area contributed by atoms with Crippen LogP contribution in [0.3, 0.4) is 0 Å². The van der Waals surface area contributed by atoms with Gasteiger partial charge in [-0.3, -0.25) is 14.6 Å². The second-order valence-electron chi connectivity index (χ2n) is 10.8. The molecule has 3 fully saturated rings. The molecule has 1 N–H and O–H groups in total. The van der Waals surface area contributed by atoms with Crippen LogP contribution in [0, 0.1) is 11.3 Å². The number of hydrogen-bond donors (Lipinski definition) is 1. The van der Waals surface area contributed by atoms with E-state index in [1.165, 1.54) is 71.2 Å². The SMILES string of the molecule is CC(C)NC(=O)C1(C2CCCCC2)CCCN(CCN2CCN(C(C)C)CC2)CC1. The van der Waals surface area contributed by atoms with E-state index < -0.39 is 0 Å². The van der Waals surface area contributed by atoms with E-state index in [0.29, 0.717) is 17.9 Å². The highest BCUT2D eigenvalue weighted by atomic mass is 16.2. The fraction of sp³-hybridized carbons (Fsp3) is 0.960. The highest BCUT2D eigenvalue weighted by Crippen LogP contribution is 2.46. The highest BCUT2D eigenvalue weighted by Gasteiger charge is 2.46. The van der Waals surface area contributed by atoms with Gasteiger partial charge in [-0.15, -0.1) is 0 Å². The number of nitrogens with zero attached hydrogens (tertiary/aromatic N) is 3. The van der Waals surface area contributed by atoms with Crippen molar-refractivity contribution in [3.05, 3.63) is 0 Å². The van der Waals surface area contributed by atoms with E-state index in [4.69, 9.17) is 0 Å². The summed E-state index contributed by atoms with van der Waals surface area (Å²) in [5, 5.41) is 3.32. The van der Waals surface area contributed by atoms with Gasteiger partial charge in [0.05, 0.1) is 5.41 Å². The lowest BCUT2D eigenvalue weighted by molar-refractivity contribution is -0.137. The van der Waals surface area contributed by atoms with Crippen LogP contribution in [0.1, 0.15) is 79.1 Å². The van der Waals surface area contributed by atoms with Crippen LogP contribution in [-0.4, -0.2) is 85.0 Å². The second kappa shape index (κ2) is 11.3. The number of amides is 1. The van der Waals surface area contributed by atoms with Gasteiger partial charge in [0.1, 0.15) is 0 Å². The molecule has 2 saturated heterocycles. The Hall–Kier alpha value is -0.650. The van der Waals surface area contributed by atoms with E-state index in [-0.39, 0.29) is 11.5 Å². The largest absolute Gasteiger partial charge is 0.353 e. The lowest BCUT2D eigenvalue weighted by Crippen LogP contribution is -2.50. The molecule has 0 bridgehead atoms. The minimum absolute atomic E-state index is 0.123. The van der Waals surface area contributed by atoms with Crippen molar-refractivity contribution in [2.75, 3.05) is 52.4 Å². The van der Waals surface area contributed by atoms with Gasteiger partial charge in [-0.2, -0.15) is 0 Å². The van der Waals surface area contributed by atoms with Crippen LogP contribution in [-0.2, 0) is 4.79 Å². The number of likely N-dealkylation sites (tertiary alicyclic amines) is 1. The summed E-state index contributed by atoms with van der Waals surface area (Å²) in [6.45, 7) is 18.2. The van der Waals surface area contributed by atoms with Crippen molar-refractivity contribution in [1.29, 1.82) is 0 Å². The molecule has 0 spiro atoms. The molecule has 1 saturated carbocycles. The molecule has 3 aliphatic rings. The van der Waals surface area contributed by atoms with Crippen molar-refractivity contribution in [3.8, 4) is 0 Å². The molecule has 0 aromatic rings. The average molecular weight is 421 g/mol. The van der Waals surface area contributed by atoms with Crippen molar-refractivity contribution >= 4 is 5.91 Å². The van der Waals surface area contributed by atoms with Crippen molar-refractivity contribution < 1.29 is 4.79 Å². The maximum atomic E-state index is 13.4. The second-order valence-corrected chi connectivity index (χ2v) is 10.8. The first-order valence-electron chi connectivity index (χ1n) is 12.9. The summed E-state index contributed by atoms with van der Waals surface area (Å²) in [6.07, 6.45) is 9.80. The molecule has 0 aromatic carbocycles. The molecule has 2 heterocycles. The zero-order chi connectivity index (χ0) is 21.6. The van der Waals surface area contributed by atoms with Gasteiger partial charge in [0, 0.05) is 51.4 Å². The van der Waals surface area contributed by atoms with Crippen LogP contribution in [0.15, 0.2) is 0 Å². The van der Waals surface area contributed by atoms with Gasteiger partial charge < -0.3 is 10.2 Å². The van der Waals surface area contributed by atoms with E-state index in [9.17, 15) is 4.79 Å². The van der Waals surface area contributed by atoms with Crippen LogP contribution in [0.4, 0.5) is 0 Å². The van der Waals surface area contributed by atoms with Crippen molar-refractivity contribution in [3.63, 3.8) is 0 Å². The van der Waals surface area contributed by atoms with Gasteiger partial charge in [-0.25, -0.2) is 0 Å². The Kier molecular flexibility index (Phi) is 9.03. The van der Waals surface area contributed by atoms with Crippen molar-refractivity contribution in [1.82, 2.24) is 20.0 Å². The van der Waals surface area contributed by atoms with Crippen LogP contribution in [0.5, 0.6) is 0 Å². The summed E-state index contributed by atoms with van der Waals surface area (Å²) in [7, 11) is 0. The lowest BCUT2D eigenvalue weighted by Gasteiger charge is -2.41. The third-order valence-corrected chi connectivity index (χ3v) is 8.10. The third-order valence-electron chi connectivity index (χ3n) is 8.10. The Morgan fingerprint density at radius 3 is 2.07 bits per heavy atom. The third kappa shape index (κ3) is 6.20. The van der Waals surface area contributed by atoms with Gasteiger partial charge in [0.25, 0.3) is 0 Å². The fourth-order valence-corrected chi connectivity index (χ4v) is 6.10. The maximum Gasteiger partial charge on any atom is 0.226 e. The Morgan fingerprint density at radius 2 is 1.47 bits per heavy atom. The Morgan fingerprint density at radius 1 is 0.833 bits per heavy atom. The molecular weight excluding hydrogens is 372 g/mol. The van der Waals surface area contributed by atoms with Crippen molar-refractivity contribution in [2.24, 2.45) is 11.3 Å².